The fourth-order valence-electron chi connectivity index (χ4n) is 2.70. The van der Waals surface area contributed by atoms with E-state index in [1.807, 2.05) is 7.05 Å². The van der Waals surface area contributed by atoms with Gasteiger partial charge in [-0.1, -0.05) is 26.2 Å². The number of nitrogens with one attached hydrogen (secondary N) is 2. The molecule has 0 aromatic carbocycles. The molecule has 1 aromatic rings. The lowest BCUT2D eigenvalue weighted by Gasteiger charge is -2.28. The average molecular weight is 327 g/mol. The Kier molecular flexibility index (Phi) is 5.43. The quantitative estimate of drug-likeness (QED) is 0.861. The molecule has 1 fully saturated rings. The Hall–Kier alpha value is -0.840. The molecule has 0 radical (unpaired) electrons. The maximum absolute atomic E-state index is 4.43. The van der Waals surface area contributed by atoms with E-state index in [0.29, 0.717) is 5.95 Å². The Balaban J connectivity index is 1.85. The lowest BCUT2D eigenvalue weighted by molar-refractivity contribution is 0.278. The molecule has 0 amide bonds. The number of anilines is 2. The summed E-state index contributed by atoms with van der Waals surface area (Å²) in [5.74, 6) is 3.28. The topological polar surface area (TPSA) is 49.8 Å². The molecule has 19 heavy (non-hydrogen) atoms. The van der Waals surface area contributed by atoms with Crippen molar-refractivity contribution < 1.29 is 0 Å². The van der Waals surface area contributed by atoms with Gasteiger partial charge in [0.15, 0.2) is 0 Å². The van der Waals surface area contributed by atoms with E-state index in [0.717, 1.165) is 28.7 Å². The Labute approximate surface area is 123 Å². The third-order valence-corrected chi connectivity index (χ3v) is 4.65. The number of rotatable bonds is 5. The van der Waals surface area contributed by atoms with E-state index in [2.05, 4.69) is 43.5 Å². The predicted molar refractivity (Wildman–Crippen MR) is 83.5 cm³/mol. The van der Waals surface area contributed by atoms with Crippen LogP contribution in [-0.2, 0) is 0 Å². The van der Waals surface area contributed by atoms with Crippen molar-refractivity contribution in [2.75, 3.05) is 24.2 Å². The minimum atomic E-state index is 0.653. The second kappa shape index (κ2) is 7.08. The van der Waals surface area contributed by atoms with Crippen molar-refractivity contribution in [2.24, 2.45) is 11.8 Å². The van der Waals surface area contributed by atoms with E-state index in [4.69, 9.17) is 0 Å². The molecule has 1 aliphatic carbocycles. The normalized spacial score (nSPS) is 23.1. The maximum atomic E-state index is 4.43. The number of nitrogens with zero attached hydrogens (tertiary/aromatic N) is 2. The standard InChI is InChI=1S/C14H23BrN4/c1-3-10-4-6-11(7-5-10)8-17-13-12(15)9-18-14(16-2)19-13/h9-11H,3-8H2,1-2H3,(H2,16,17,18,19). The molecule has 0 bridgehead atoms. The summed E-state index contributed by atoms with van der Waals surface area (Å²) >= 11 is 3.49. The van der Waals surface area contributed by atoms with Gasteiger partial charge >= 0.3 is 0 Å². The molecule has 1 saturated carbocycles. The maximum Gasteiger partial charge on any atom is 0.224 e. The largest absolute Gasteiger partial charge is 0.369 e. The highest BCUT2D eigenvalue weighted by Gasteiger charge is 2.20. The van der Waals surface area contributed by atoms with Gasteiger partial charge in [0.1, 0.15) is 5.82 Å². The van der Waals surface area contributed by atoms with Gasteiger partial charge in [0, 0.05) is 19.8 Å². The molecule has 1 aliphatic rings. The Bertz CT molecular complexity index is 402. The van der Waals surface area contributed by atoms with E-state index in [9.17, 15) is 0 Å². The molecule has 106 valence electrons. The first-order valence-electron chi connectivity index (χ1n) is 7.17. The minimum Gasteiger partial charge on any atom is -0.369 e. The van der Waals surface area contributed by atoms with Gasteiger partial charge in [0.05, 0.1) is 4.47 Å². The van der Waals surface area contributed by atoms with E-state index in [1.165, 1.54) is 32.1 Å². The molecule has 0 saturated heterocycles. The summed E-state index contributed by atoms with van der Waals surface area (Å²) in [4.78, 5) is 8.59. The molecule has 0 spiro atoms. The highest BCUT2D eigenvalue weighted by Crippen LogP contribution is 2.31. The van der Waals surface area contributed by atoms with Crippen molar-refractivity contribution >= 4 is 27.7 Å². The van der Waals surface area contributed by atoms with E-state index in [1.54, 1.807) is 6.20 Å². The zero-order valence-electron chi connectivity index (χ0n) is 11.7. The first-order chi connectivity index (χ1) is 9.22. The van der Waals surface area contributed by atoms with Crippen LogP contribution in [-0.4, -0.2) is 23.6 Å². The molecule has 0 unspecified atom stereocenters. The van der Waals surface area contributed by atoms with Crippen molar-refractivity contribution in [1.82, 2.24) is 9.97 Å². The van der Waals surface area contributed by atoms with Gasteiger partial charge in [-0.05, 0) is 40.6 Å². The van der Waals surface area contributed by atoms with Crippen molar-refractivity contribution in [1.29, 1.82) is 0 Å². The molecule has 0 atom stereocenters. The van der Waals surface area contributed by atoms with Gasteiger partial charge in [-0.25, -0.2) is 4.98 Å². The van der Waals surface area contributed by atoms with E-state index in [-0.39, 0.29) is 0 Å². The molecule has 1 heterocycles. The fraction of sp³-hybridized carbons (Fsp3) is 0.714. The summed E-state index contributed by atoms with van der Waals surface area (Å²) in [6, 6.07) is 0. The molecule has 1 aromatic heterocycles. The first kappa shape index (κ1) is 14.6. The van der Waals surface area contributed by atoms with Crippen LogP contribution in [0.1, 0.15) is 39.0 Å². The van der Waals surface area contributed by atoms with Gasteiger partial charge in [0.2, 0.25) is 5.95 Å². The van der Waals surface area contributed by atoms with Crippen LogP contribution in [0.15, 0.2) is 10.7 Å². The summed E-state index contributed by atoms with van der Waals surface area (Å²) in [5.41, 5.74) is 0. The number of halogens is 1. The van der Waals surface area contributed by atoms with Crippen LogP contribution < -0.4 is 10.6 Å². The van der Waals surface area contributed by atoms with Crippen molar-refractivity contribution in [2.45, 2.75) is 39.0 Å². The molecule has 2 N–H and O–H groups in total. The van der Waals surface area contributed by atoms with Crippen LogP contribution in [0.3, 0.4) is 0 Å². The number of hydrogen-bond donors (Lipinski definition) is 2. The molecule has 5 heteroatoms. The summed E-state index contributed by atoms with van der Waals surface area (Å²) < 4.78 is 0.925. The van der Waals surface area contributed by atoms with E-state index < -0.39 is 0 Å². The van der Waals surface area contributed by atoms with Gasteiger partial charge in [-0.15, -0.1) is 0 Å². The molecular formula is C14H23BrN4. The summed E-state index contributed by atoms with van der Waals surface area (Å²) in [6.45, 7) is 3.32. The van der Waals surface area contributed by atoms with Crippen LogP contribution in [0.2, 0.25) is 0 Å². The lowest BCUT2D eigenvalue weighted by Crippen LogP contribution is -2.21. The summed E-state index contributed by atoms with van der Waals surface area (Å²) in [5, 5.41) is 6.42. The van der Waals surface area contributed by atoms with E-state index >= 15 is 0 Å². The van der Waals surface area contributed by atoms with Crippen LogP contribution in [0, 0.1) is 11.8 Å². The third kappa shape index (κ3) is 4.06. The fourth-order valence-corrected chi connectivity index (χ4v) is 3.03. The summed E-state index contributed by atoms with van der Waals surface area (Å²) in [6.07, 6.45) is 8.57. The Morgan fingerprint density at radius 1 is 1.26 bits per heavy atom. The minimum absolute atomic E-state index is 0.653. The zero-order valence-corrected chi connectivity index (χ0v) is 13.3. The van der Waals surface area contributed by atoms with Crippen LogP contribution in [0.25, 0.3) is 0 Å². The zero-order chi connectivity index (χ0) is 13.7. The van der Waals surface area contributed by atoms with Crippen LogP contribution in [0.4, 0.5) is 11.8 Å². The van der Waals surface area contributed by atoms with Gasteiger partial charge in [-0.3, -0.25) is 0 Å². The highest BCUT2D eigenvalue weighted by atomic mass is 79.9. The van der Waals surface area contributed by atoms with Gasteiger partial charge in [0.25, 0.3) is 0 Å². The number of aromatic nitrogens is 2. The smallest absolute Gasteiger partial charge is 0.224 e. The molecule has 0 aliphatic heterocycles. The van der Waals surface area contributed by atoms with Crippen LogP contribution >= 0.6 is 15.9 Å². The monoisotopic (exact) mass is 326 g/mol. The second-order valence-electron chi connectivity index (χ2n) is 5.32. The molecule has 2 rings (SSSR count). The van der Waals surface area contributed by atoms with Gasteiger partial charge < -0.3 is 10.6 Å². The predicted octanol–water partition coefficient (Wildman–Crippen LogP) is 3.91. The van der Waals surface area contributed by atoms with Crippen LogP contribution in [0.5, 0.6) is 0 Å². The SMILES string of the molecule is CCC1CCC(CNc2nc(NC)ncc2Br)CC1. The average Bonchev–Trinajstić information content (AvgIpc) is 2.47. The van der Waals surface area contributed by atoms with Crippen molar-refractivity contribution in [3.8, 4) is 0 Å². The molecular weight excluding hydrogens is 304 g/mol. The Morgan fingerprint density at radius 2 is 1.95 bits per heavy atom. The third-order valence-electron chi connectivity index (χ3n) is 4.07. The highest BCUT2D eigenvalue weighted by molar-refractivity contribution is 9.10. The summed E-state index contributed by atoms with van der Waals surface area (Å²) in [7, 11) is 1.83. The second-order valence-corrected chi connectivity index (χ2v) is 6.17. The lowest BCUT2D eigenvalue weighted by atomic mass is 9.81. The van der Waals surface area contributed by atoms with Gasteiger partial charge in [-0.2, -0.15) is 4.98 Å². The molecule has 4 nitrogen and oxygen atoms in total. The number of hydrogen-bond acceptors (Lipinski definition) is 4. The first-order valence-corrected chi connectivity index (χ1v) is 7.96. The van der Waals surface area contributed by atoms with Crippen molar-refractivity contribution in [3.63, 3.8) is 0 Å². The Morgan fingerprint density at radius 3 is 2.58 bits per heavy atom. The van der Waals surface area contributed by atoms with Crippen molar-refractivity contribution in [3.05, 3.63) is 10.7 Å².